The average molecular weight is 455 g/mol. The Kier molecular flexibility index (Phi) is 7.30. The standard InChI is InChI=1S/C24H17Cl2FN2O2/c1-15-6-8-20(9-7-15)29-24(30)18(13-28)10-17-11-19(25)12-21(26)23(17)31-14-16-4-2-3-5-22(16)27/h2-12H,14H2,1H3,(H,29,30)/b18-10+. The molecule has 0 aromatic heterocycles. The number of nitrogens with one attached hydrogen (secondary N) is 1. The third kappa shape index (κ3) is 5.85. The first-order chi connectivity index (χ1) is 14.9. The minimum absolute atomic E-state index is 0.0910. The van der Waals surface area contributed by atoms with Gasteiger partial charge in [-0.25, -0.2) is 4.39 Å². The van der Waals surface area contributed by atoms with Crippen molar-refractivity contribution in [3.63, 3.8) is 0 Å². The Hall–Kier alpha value is -3.33. The first-order valence-corrected chi connectivity index (χ1v) is 9.98. The van der Waals surface area contributed by atoms with E-state index >= 15 is 0 Å². The number of rotatable bonds is 6. The molecule has 0 unspecified atom stereocenters. The van der Waals surface area contributed by atoms with E-state index in [0.717, 1.165) is 5.56 Å². The van der Waals surface area contributed by atoms with Gasteiger partial charge >= 0.3 is 0 Å². The van der Waals surface area contributed by atoms with Gasteiger partial charge in [0, 0.05) is 21.8 Å². The van der Waals surface area contributed by atoms with Crippen LogP contribution in [0.15, 0.2) is 66.2 Å². The Morgan fingerprint density at radius 1 is 1.16 bits per heavy atom. The fourth-order valence-electron chi connectivity index (χ4n) is 2.74. The molecule has 0 fully saturated rings. The van der Waals surface area contributed by atoms with E-state index in [0.29, 0.717) is 21.8 Å². The second-order valence-corrected chi connectivity index (χ2v) is 7.52. The molecule has 0 heterocycles. The third-order valence-electron chi connectivity index (χ3n) is 4.34. The van der Waals surface area contributed by atoms with Crippen molar-refractivity contribution in [1.82, 2.24) is 0 Å². The lowest BCUT2D eigenvalue weighted by atomic mass is 10.1. The van der Waals surface area contributed by atoms with E-state index in [9.17, 15) is 14.4 Å². The van der Waals surface area contributed by atoms with E-state index < -0.39 is 11.7 Å². The van der Waals surface area contributed by atoms with E-state index in [1.807, 2.05) is 25.1 Å². The van der Waals surface area contributed by atoms with Crippen molar-refractivity contribution in [2.24, 2.45) is 0 Å². The number of aryl methyl sites for hydroxylation is 1. The van der Waals surface area contributed by atoms with Gasteiger partial charge in [-0.1, -0.05) is 59.1 Å². The van der Waals surface area contributed by atoms with Crippen LogP contribution < -0.4 is 10.1 Å². The molecule has 7 heteroatoms. The number of benzene rings is 3. The van der Waals surface area contributed by atoms with Gasteiger partial charge in [-0.3, -0.25) is 4.79 Å². The largest absolute Gasteiger partial charge is 0.487 e. The summed E-state index contributed by atoms with van der Waals surface area (Å²) >= 11 is 12.4. The Bertz CT molecular complexity index is 1190. The molecule has 0 aliphatic rings. The molecule has 0 bridgehead atoms. The number of hydrogen-bond donors (Lipinski definition) is 1. The van der Waals surface area contributed by atoms with Crippen LogP contribution in [0.25, 0.3) is 6.08 Å². The number of anilines is 1. The summed E-state index contributed by atoms with van der Waals surface area (Å²) < 4.78 is 19.6. The number of carbonyl (C=O) groups excluding carboxylic acids is 1. The molecule has 3 aromatic carbocycles. The molecule has 0 atom stereocenters. The second kappa shape index (κ2) is 10.1. The molecule has 0 saturated carbocycles. The van der Waals surface area contributed by atoms with Gasteiger partial charge in [-0.2, -0.15) is 5.26 Å². The smallest absolute Gasteiger partial charge is 0.266 e. The Labute approximate surface area is 189 Å². The molecule has 0 saturated heterocycles. The number of carbonyl (C=O) groups is 1. The van der Waals surface area contributed by atoms with Gasteiger partial charge in [-0.05, 0) is 43.3 Å². The molecule has 0 radical (unpaired) electrons. The highest BCUT2D eigenvalue weighted by atomic mass is 35.5. The molecule has 31 heavy (non-hydrogen) atoms. The maximum atomic E-state index is 13.9. The van der Waals surface area contributed by atoms with Crippen LogP contribution in [-0.2, 0) is 11.4 Å². The quantitative estimate of drug-likeness (QED) is 0.338. The number of hydrogen-bond acceptors (Lipinski definition) is 3. The second-order valence-electron chi connectivity index (χ2n) is 6.68. The Balaban J connectivity index is 1.89. The van der Waals surface area contributed by atoms with Crippen molar-refractivity contribution in [3.05, 3.63) is 98.8 Å². The summed E-state index contributed by atoms with van der Waals surface area (Å²) in [5.74, 6) is -0.826. The van der Waals surface area contributed by atoms with Crippen molar-refractivity contribution in [1.29, 1.82) is 5.26 Å². The van der Waals surface area contributed by atoms with E-state index in [1.54, 1.807) is 30.3 Å². The molecule has 3 rings (SSSR count). The number of ether oxygens (including phenoxy) is 1. The molecule has 0 spiro atoms. The molecule has 3 aromatic rings. The first kappa shape index (κ1) is 22.4. The van der Waals surface area contributed by atoms with Crippen LogP contribution in [0.4, 0.5) is 10.1 Å². The number of nitriles is 1. The predicted molar refractivity (Wildman–Crippen MR) is 121 cm³/mol. The van der Waals surface area contributed by atoms with Crippen molar-refractivity contribution in [2.75, 3.05) is 5.32 Å². The highest BCUT2D eigenvalue weighted by Gasteiger charge is 2.15. The lowest BCUT2D eigenvalue weighted by molar-refractivity contribution is -0.112. The maximum Gasteiger partial charge on any atom is 0.266 e. The maximum absolute atomic E-state index is 13.9. The van der Waals surface area contributed by atoms with Crippen LogP contribution in [0.2, 0.25) is 10.0 Å². The fraction of sp³-hybridized carbons (Fsp3) is 0.0833. The van der Waals surface area contributed by atoms with Gasteiger partial charge in [0.1, 0.15) is 29.8 Å². The molecule has 156 valence electrons. The molecule has 0 aliphatic carbocycles. The zero-order chi connectivity index (χ0) is 22.4. The van der Waals surface area contributed by atoms with Gasteiger partial charge < -0.3 is 10.1 Å². The van der Waals surface area contributed by atoms with Gasteiger partial charge in [0.15, 0.2) is 0 Å². The summed E-state index contributed by atoms with van der Waals surface area (Å²) in [6.07, 6.45) is 1.33. The summed E-state index contributed by atoms with van der Waals surface area (Å²) in [4.78, 5) is 12.6. The molecular formula is C24H17Cl2FN2O2. The SMILES string of the molecule is Cc1ccc(NC(=O)/C(C#N)=C/c2cc(Cl)cc(Cl)c2OCc2ccccc2F)cc1. The van der Waals surface area contributed by atoms with Gasteiger partial charge in [0.05, 0.1) is 5.02 Å². The average Bonchev–Trinajstić information content (AvgIpc) is 2.74. The zero-order valence-corrected chi connectivity index (χ0v) is 18.0. The summed E-state index contributed by atoms with van der Waals surface area (Å²) in [7, 11) is 0. The Morgan fingerprint density at radius 2 is 1.87 bits per heavy atom. The molecule has 0 aliphatic heterocycles. The van der Waals surface area contributed by atoms with Crippen molar-refractivity contribution >= 4 is 40.9 Å². The number of halogens is 3. The van der Waals surface area contributed by atoms with Crippen LogP contribution in [0, 0.1) is 24.1 Å². The van der Waals surface area contributed by atoms with Crippen LogP contribution >= 0.6 is 23.2 Å². The van der Waals surface area contributed by atoms with Crippen LogP contribution in [-0.4, -0.2) is 5.91 Å². The normalized spacial score (nSPS) is 11.0. The third-order valence-corrected chi connectivity index (χ3v) is 4.84. The molecule has 4 nitrogen and oxygen atoms in total. The minimum Gasteiger partial charge on any atom is -0.487 e. The summed E-state index contributed by atoms with van der Waals surface area (Å²) in [6, 6.07) is 18.2. The topological polar surface area (TPSA) is 62.1 Å². The van der Waals surface area contributed by atoms with Crippen LogP contribution in [0.3, 0.4) is 0 Å². The lowest BCUT2D eigenvalue weighted by Gasteiger charge is -2.13. The zero-order valence-electron chi connectivity index (χ0n) is 16.5. The van der Waals surface area contributed by atoms with Gasteiger partial charge in [0.25, 0.3) is 5.91 Å². The van der Waals surface area contributed by atoms with Crippen LogP contribution in [0.1, 0.15) is 16.7 Å². The highest BCUT2D eigenvalue weighted by molar-refractivity contribution is 6.36. The number of nitrogens with zero attached hydrogens (tertiary/aromatic N) is 1. The monoisotopic (exact) mass is 454 g/mol. The molecular weight excluding hydrogens is 438 g/mol. The van der Waals surface area contributed by atoms with Crippen molar-refractivity contribution < 1.29 is 13.9 Å². The van der Waals surface area contributed by atoms with E-state index in [4.69, 9.17) is 27.9 Å². The number of amides is 1. The van der Waals surface area contributed by atoms with Crippen LogP contribution in [0.5, 0.6) is 5.75 Å². The highest BCUT2D eigenvalue weighted by Crippen LogP contribution is 2.34. The summed E-state index contributed by atoms with van der Waals surface area (Å²) in [5.41, 5.74) is 2.08. The predicted octanol–water partition coefficient (Wildman–Crippen LogP) is 6.57. The van der Waals surface area contributed by atoms with Crippen molar-refractivity contribution in [3.8, 4) is 11.8 Å². The lowest BCUT2D eigenvalue weighted by Crippen LogP contribution is -2.13. The molecule has 1 amide bonds. The summed E-state index contributed by atoms with van der Waals surface area (Å²) in [5, 5.41) is 12.7. The first-order valence-electron chi connectivity index (χ1n) is 9.22. The van der Waals surface area contributed by atoms with E-state index in [2.05, 4.69) is 5.32 Å². The fourth-order valence-corrected chi connectivity index (χ4v) is 3.31. The van der Waals surface area contributed by atoms with E-state index in [-0.39, 0.29) is 23.0 Å². The van der Waals surface area contributed by atoms with Gasteiger partial charge in [-0.15, -0.1) is 0 Å². The summed E-state index contributed by atoms with van der Waals surface area (Å²) in [6.45, 7) is 1.84. The Morgan fingerprint density at radius 3 is 2.55 bits per heavy atom. The van der Waals surface area contributed by atoms with Crippen molar-refractivity contribution in [2.45, 2.75) is 13.5 Å². The van der Waals surface area contributed by atoms with Gasteiger partial charge in [0.2, 0.25) is 0 Å². The molecule has 1 N–H and O–H groups in total. The van der Waals surface area contributed by atoms with E-state index in [1.165, 1.54) is 24.3 Å². The minimum atomic E-state index is -0.595.